The molecule has 1 heterocycles. The Kier molecular flexibility index (Phi) is 50.6. The Bertz CT molecular complexity index is 1180. The summed E-state index contributed by atoms with van der Waals surface area (Å²) in [6.45, 7) is 3.84. The van der Waals surface area contributed by atoms with Crippen LogP contribution < -0.4 is 5.32 Å². The Labute approximate surface area is 445 Å². The first-order valence-corrected chi connectivity index (χ1v) is 31.5. The molecule has 1 amide bonds. The van der Waals surface area contributed by atoms with Gasteiger partial charge in [0.25, 0.3) is 0 Å². The summed E-state index contributed by atoms with van der Waals surface area (Å²) >= 11 is 0. The van der Waals surface area contributed by atoms with E-state index in [0.29, 0.717) is 12.8 Å². The molecule has 0 aromatic heterocycles. The molecule has 1 aliphatic heterocycles. The number of aliphatic hydroxyl groups excluding tert-OH is 5. The summed E-state index contributed by atoms with van der Waals surface area (Å²) in [5, 5.41) is 54.7. The molecule has 9 heteroatoms. The van der Waals surface area contributed by atoms with E-state index in [9.17, 15) is 30.3 Å². The van der Waals surface area contributed by atoms with Gasteiger partial charge in [-0.3, -0.25) is 4.79 Å². The molecule has 1 aliphatic rings. The topological polar surface area (TPSA) is 149 Å². The summed E-state index contributed by atoms with van der Waals surface area (Å²) in [6, 6.07) is -0.723. The van der Waals surface area contributed by atoms with Crippen LogP contribution in [0.1, 0.15) is 316 Å². The van der Waals surface area contributed by atoms with Crippen molar-refractivity contribution in [3.63, 3.8) is 0 Å². The lowest BCUT2D eigenvalue weighted by Gasteiger charge is -2.40. The number of hydrogen-bond donors (Lipinski definition) is 6. The second kappa shape index (κ2) is 53.1. The first kappa shape index (κ1) is 68.7. The summed E-state index contributed by atoms with van der Waals surface area (Å²) in [4.78, 5) is 13.1. The van der Waals surface area contributed by atoms with Crippen LogP contribution in [-0.2, 0) is 14.3 Å². The molecule has 0 aliphatic carbocycles. The smallest absolute Gasteiger partial charge is 0.220 e. The van der Waals surface area contributed by atoms with Crippen molar-refractivity contribution < 1.29 is 39.8 Å². The number of carbonyl (C=O) groups is 1. The third kappa shape index (κ3) is 41.9. The molecule has 1 fully saturated rings. The van der Waals surface area contributed by atoms with Crippen molar-refractivity contribution in [2.75, 3.05) is 13.2 Å². The minimum atomic E-state index is -1.55. The second-order valence-corrected chi connectivity index (χ2v) is 22.2. The van der Waals surface area contributed by atoms with Gasteiger partial charge in [-0.1, -0.05) is 289 Å². The van der Waals surface area contributed by atoms with E-state index >= 15 is 0 Å². The minimum absolute atomic E-state index is 0.139. The number of aliphatic hydroxyl groups is 5. The maximum absolute atomic E-state index is 13.1. The number of carbonyl (C=O) groups excluding carboxylic acids is 1. The standard InChI is InChI=1S/C63H121NO8/c1-3-5-7-9-11-13-15-17-19-21-22-23-24-25-26-27-28-29-30-31-32-33-34-35-37-38-40-42-44-46-48-50-52-57(66)56(55-71-63-62(70)61(69)60(68)58(54-65)72-63)64-59(67)53-51-49-47-45-43-41-39-36-20-18-16-14-12-10-8-6-4-2/h12,14,18,20,56-58,60-63,65-66,68-70H,3-11,13,15-17,19,21-55H2,1-2H3,(H,64,67)/b14-12-,20-18-. The van der Waals surface area contributed by atoms with Gasteiger partial charge in [-0.2, -0.15) is 0 Å². The summed E-state index contributed by atoms with van der Waals surface area (Å²) in [5.74, 6) is -0.148. The van der Waals surface area contributed by atoms with Gasteiger partial charge in [0.1, 0.15) is 24.4 Å². The van der Waals surface area contributed by atoms with Gasteiger partial charge in [-0.15, -0.1) is 0 Å². The Balaban J connectivity index is 2.11. The van der Waals surface area contributed by atoms with Crippen LogP contribution in [-0.4, -0.2) is 87.5 Å². The van der Waals surface area contributed by atoms with Crippen molar-refractivity contribution in [3.05, 3.63) is 24.3 Å². The molecule has 0 aromatic rings. The summed E-state index contributed by atoms with van der Waals surface area (Å²) in [5.41, 5.74) is 0. The third-order valence-corrected chi connectivity index (χ3v) is 15.3. The fraction of sp³-hybridized carbons (Fsp3) is 0.921. The fourth-order valence-electron chi connectivity index (χ4n) is 10.3. The van der Waals surface area contributed by atoms with Crippen molar-refractivity contribution in [1.29, 1.82) is 0 Å². The van der Waals surface area contributed by atoms with E-state index in [4.69, 9.17) is 9.47 Å². The van der Waals surface area contributed by atoms with Gasteiger partial charge in [-0.05, 0) is 44.9 Å². The van der Waals surface area contributed by atoms with Gasteiger partial charge in [0.2, 0.25) is 5.91 Å². The molecule has 6 N–H and O–H groups in total. The lowest BCUT2D eigenvalue weighted by molar-refractivity contribution is -0.302. The predicted molar refractivity (Wildman–Crippen MR) is 304 cm³/mol. The van der Waals surface area contributed by atoms with Crippen LogP contribution in [0.15, 0.2) is 24.3 Å². The number of nitrogens with one attached hydrogen (secondary N) is 1. The number of unbranched alkanes of at least 4 members (excludes halogenated alkanes) is 41. The van der Waals surface area contributed by atoms with E-state index < -0.39 is 49.5 Å². The SMILES string of the molecule is CCCCC/C=C\C/C=C\CCCCCCCCCC(=O)NC(COC1OC(CO)C(O)C(O)C1O)C(O)CCCCCCCCCCCCCCCCCCCCCCCCCCCCCCCCCC. The second-order valence-electron chi connectivity index (χ2n) is 22.2. The molecule has 0 aromatic carbocycles. The molecule has 7 atom stereocenters. The molecular formula is C63H121NO8. The van der Waals surface area contributed by atoms with E-state index in [-0.39, 0.29) is 12.5 Å². The average molecular weight is 1020 g/mol. The van der Waals surface area contributed by atoms with Crippen molar-refractivity contribution >= 4 is 5.91 Å². The Morgan fingerprint density at radius 2 is 0.819 bits per heavy atom. The molecule has 426 valence electrons. The lowest BCUT2D eigenvalue weighted by atomic mass is 9.99. The van der Waals surface area contributed by atoms with Crippen LogP contribution >= 0.6 is 0 Å². The lowest BCUT2D eigenvalue weighted by Crippen LogP contribution is -2.60. The van der Waals surface area contributed by atoms with Crippen LogP contribution in [0, 0.1) is 0 Å². The molecule has 0 radical (unpaired) electrons. The number of allylic oxidation sites excluding steroid dienone is 4. The molecule has 9 nitrogen and oxygen atoms in total. The normalized spacial score (nSPS) is 19.2. The van der Waals surface area contributed by atoms with Gasteiger partial charge in [-0.25, -0.2) is 0 Å². The van der Waals surface area contributed by atoms with Gasteiger partial charge in [0.05, 0.1) is 25.4 Å². The van der Waals surface area contributed by atoms with Crippen molar-refractivity contribution in [2.45, 2.75) is 358 Å². The Morgan fingerprint density at radius 1 is 0.472 bits per heavy atom. The average Bonchev–Trinajstić information content (AvgIpc) is 3.38. The predicted octanol–water partition coefficient (Wildman–Crippen LogP) is 16.1. The van der Waals surface area contributed by atoms with Gasteiger partial charge < -0.3 is 40.3 Å². The highest BCUT2D eigenvalue weighted by atomic mass is 16.7. The van der Waals surface area contributed by atoms with E-state index in [1.807, 2.05) is 0 Å². The molecule has 1 saturated heterocycles. The van der Waals surface area contributed by atoms with Crippen LogP contribution in [0.3, 0.4) is 0 Å². The Morgan fingerprint density at radius 3 is 1.22 bits per heavy atom. The highest BCUT2D eigenvalue weighted by molar-refractivity contribution is 5.76. The van der Waals surface area contributed by atoms with Crippen molar-refractivity contribution in [3.8, 4) is 0 Å². The molecule has 0 bridgehead atoms. The zero-order chi connectivity index (χ0) is 52.2. The van der Waals surface area contributed by atoms with E-state index in [2.05, 4.69) is 43.5 Å². The quantitative estimate of drug-likeness (QED) is 0.0261. The monoisotopic (exact) mass is 1020 g/mol. The van der Waals surface area contributed by atoms with Crippen LogP contribution in [0.4, 0.5) is 0 Å². The number of amides is 1. The zero-order valence-corrected chi connectivity index (χ0v) is 47.5. The van der Waals surface area contributed by atoms with Crippen LogP contribution in [0.25, 0.3) is 0 Å². The highest BCUT2D eigenvalue weighted by Crippen LogP contribution is 2.23. The van der Waals surface area contributed by atoms with Crippen LogP contribution in [0.5, 0.6) is 0 Å². The van der Waals surface area contributed by atoms with Gasteiger partial charge >= 0.3 is 0 Å². The van der Waals surface area contributed by atoms with Gasteiger partial charge in [0.15, 0.2) is 6.29 Å². The summed E-state index contributed by atoms with van der Waals surface area (Å²) in [7, 11) is 0. The largest absolute Gasteiger partial charge is 0.394 e. The van der Waals surface area contributed by atoms with Crippen molar-refractivity contribution in [2.24, 2.45) is 0 Å². The molecular weight excluding hydrogens is 899 g/mol. The van der Waals surface area contributed by atoms with Crippen LogP contribution in [0.2, 0.25) is 0 Å². The van der Waals surface area contributed by atoms with E-state index in [0.717, 1.165) is 51.4 Å². The Hall–Kier alpha value is -1.33. The number of rotatable bonds is 55. The maximum Gasteiger partial charge on any atom is 0.220 e. The zero-order valence-electron chi connectivity index (χ0n) is 47.5. The molecule has 1 rings (SSSR count). The first-order chi connectivity index (χ1) is 35.3. The summed E-state index contributed by atoms with van der Waals surface area (Å²) in [6.07, 6.45) is 60.9. The maximum atomic E-state index is 13.1. The van der Waals surface area contributed by atoms with E-state index in [1.165, 1.54) is 238 Å². The van der Waals surface area contributed by atoms with Crippen molar-refractivity contribution in [1.82, 2.24) is 5.32 Å². The highest BCUT2D eigenvalue weighted by Gasteiger charge is 2.44. The summed E-state index contributed by atoms with van der Waals surface area (Å²) < 4.78 is 11.3. The number of hydrogen-bond acceptors (Lipinski definition) is 8. The third-order valence-electron chi connectivity index (χ3n) is 15.3. The minimum Gasteiger partial charge on any atom is -0.394 e. The fourth-order valence-corrected chi connectivity index (χ4v) is 10.3. The molecule has 72 heavy (non-hydrogen) atoms. The molecule has 0 saturated carbocycles. The molecule has 0 spiro atoms. The number of ether oxygens (including phenoxy) is 2. The van der Waals surface area contributed by atoms with Gasteiger partial charge in [0, 0.05) is 6.42 Å². The molecule has 7 unspecified atom stereocenters. The van der Waals surface area contributed by atoms with E-state index in [1.54, 1.807) is 0 Å². The first-order valence-electron chi connectivity index (χ1n) is 31.5.